The van der Waals surface area contributed by atoms with Crippen LogP contribution < -0.4 is 0 Å². The largest absolute Gasteiger partial charge is 0.361 e. The van der Waals surface area contributed by atoms with Crippen molar-refractivity contribution in [2.75, 3.05) is 25.5 Å². The maximum atomic E-state index is 13.5. The van der Waals surface area contributed by atoms with Gasteiger partial charge in [-0.25, -0.2) is 4.39 Å². The quantitative estimate of drug-likeness (QED) is 0.370. The highest BCUT2D eigenvalue weighted by Crippen LogP contribution is 2.22. The summed E-state index contributed by atoms with van der Waals surface area (Å²) >= 11 is 6.03. The number of rotatable bonds is 11. The van der Waals surface area contributed by atoms with Crippen LogP contribution in [0, 0.1) is 11.2 Å². The number of benzene rings is 2. The fraction of sp³-hybridized carbons (Fsp3) is 0.407. The molecule has 1 aromatic heterocycles. The third-order valence-electron chi connectivity index (χ3n) is 5.99. The lowest BCUT2D eigenvalue weighted by Crippen LogP contribution is -2.48. The Balaban J connectivity index is 1.80. The summed E-state index contributed by atoms with van der Waals surface area (Å²) in [5.41, 5.74) is 2.26. The molecule has 5 nitrogen and oxygen atoms in total. The van der Waals surface area contributed by atoms with Gasteiger partial charge in [0.1, 0.15) is 5.82 Å². The summed E-state index contributed by atoms with van der Waals surface area (Å²) in [6.07, 6.45) is 3.37. The van der Waals surface area contributed by atoms with Gasteiger partial charge in [0, 0.05) is 42.6 Å². The number of aromatic amines is 1. The molecular formula is C27H33ClFN3O2. The minimum atomic E-state index is -0.747. The second kappa shape index (κ2) is 11.5. The van der Waals surface area contributed by atoms with Crippen molar-refractivity contribution < 1.29 is 14.0 Å². The Labute approximate surface area is 205 Å². The molecule has 0 fully saturated rings. The molecule has 0 unspecified atom stereocenters. The number of hydrogen-bond donors (Lipinski definition) is 1. The first-order chi connectivity index (χ1) is 16.2. The molecule has 182 valence electrons. The van der Waals surface area contributed by atoms with E-state index in [1.807, 2.05) is 31.3 Å². The molecule has 0 aliphatic heterocycles. The third kappa shape index (κ3) is 6.38. The molecule has 0 radical (unpaired) electrons. The highest BCUT2D eigenvalue weighted by Gasteiger charge is 2.32. The number of aromatic nitrogens is 1. The van der Waals surface area contributed by atoms with Crippen LogP contribution in [0.3, 0.4) is 0 Å². The smallest absolute Gasteiger partial charge is 0.242 e. The first kappa shape index (κ1) is 25.8. The molecule has 0 saturated carbocycles. The number of fused-ring (bicyclic) bond motifs is 1. The Kier molecular flexibility index (Phi) is 8.72. The number of para-hydroxylation sites is 1. The summed E-state index contributed by atoms with van der Waals surface area (Å²) < 4.78 is 13.4. The zero-order chi connectivity index (χ0) is 24.7. The summed E-state index contributed by atoms with van der Waals surface area (Å²) in [6, 6.07) is 14.2. The molecular weight excluding hydrogens is 453 g/mol. The topological polar surface area (TPSA) is 56.4 Å². The standard InChI is InChI=1S/C27H33ClFN3O2/c1-4-14-32(26(34)27(2,3)19-28)18-25(33)31(17-20-9-11-22(29)12-10-20)15-13-21-16-30-24-8-6-5-7-23(21)24/h5-12,16,30H,4,13-15,17-19H2,1-3H3. The van der Waals surface area contributed by atoms with Crippen LogP contribution in [0.4, 0.5) is 4.39 Å². The fourth-order valence-corrected chi connectivity index (χ4v) is 4.08. The van der Waals surface area contributed by atoms with Crippen LogP contribution in [0.25, 0.3) is 10.9 Å². The number of nitrogens with one attached hydrogen (secondary N) is 1. The normalized spacial score (nSPS) is 11.6. The number of nitrogens with zero attached hydrogens (tertiary/aromatic N) is 2. The molecule has 0 bridgehead atoms. The predicted molar refractivity (Wildman–Crippen MR) is 135 cm³/mol. The van der Waals surface area contributed by atoms with Gasteiger partial charge >= 0.3 is 0 Å². The van der Waals surface area contributed by atoms with Crippen molar-refractivity contribution in [2.24, 2.45) is 5.41 Å². The van der Waals surface area contributed by atoms with Crippen LogP contribution in [0.5, 0.6) is 0 Å². The van der Waals surface area contributed by atoms with Crippen LogP contribution in [0.15, 0.2) is 54.7 Å². The van der Waals surface area contributed by atoms with E-state index in [2.05, 4.69) is 11.1 Å². The Morgan fingerprint density at radius 3 is 2.41 bits per heavy atom. The predicted octanol–water partition coefficient (Wildman–Crippen LogP) is 5.38. The minimum Gasteiger partial charge on any atom is -0.361 e. The number of alkyl halides is 1. The lowest BCUT2D eigenvalue weighted by molar-refractivity contribution is -0.145. The molecule has 3 rings (SSSR count). The fourth-order valence-electron chi connectivity index (χ4n) is 3.97. The van der Waals surface area contributed by atoms with Crippen LogP contribution in [-0.2, 0) is 22.6 Å². The van der Waals surface area contributed by atoms with Crippen LogP contribution >= 0.6 is 11.6 Å². The van der Waals surface area contributed by atoms with Gasteiger partial charge in [-0.2, -0.15) is 0 Å². The molecule has 0 atom stereocenters. The molecule has 0 aliphatic rings. The first-order valence-electron chi connectivity index (χ1n) is 11.7. The van der Waals surface area contributed by atoms with E-state index in [0.29, 0.717) is 26.1 Å². The average molecular weight is 486 g/mol. The summed E-state index contributed by atoms with van der Waals surface area (Å²) in [4.78, 5) is 33.1. The van der Waals surface area contributed by atoms with E-state index in [4.69, 9.17) is 11.6 Å². The average Bonchev–Trinajstić information content (AvgIpc) is 3.25. The van der Waals surface area contributed by atoms with Crippen molar-refractivity contribution >= 4 is 34.3 Å². The summed E-state index contributed by atoms with van der Waals surface area (Å²) in [6.45, 7) is 6.86. The lowest BCUT2D eigenvalue weighted by atomic mass is 9.94. The Morgan fingerprint density at radius 2 is 1.74 bits per heavy atom. The second-order valence-corrected chi connectivity index (χ2v) is 9.56. The van der Waals surface area contributed by atoms with Crippen molar-refractivity contribution in [3.63, 3.8) is 0 Å². The summed E-state index contributed by atoms with van der Waals surface area (Å²) in [7, 11) is 0. The van der Waals surface area contributed by atoms with Gasteiger partial charge < -0.3 is 14.8 Å². The highest BCUT2D eigenvalue weighted by atomic mass is 35.5. The number of H-pyrrole nitrogens is 1. The van der Waals surface area contributed by atoms with E-state index >= 15 is 0 Å². The van der Waals surface area contributed by atoms with Gasteiger partial charge in [0.15, 0.2) is 0 Å². The maximum Gasteiger partial charge on any atom is 0.242 e. The van der Waals surface area contributed by atoms with Crippen molar-refractivity contribution in [3.8, 4) is 0 Å². The Hall–Kier alpha value is -2.86. The molecule has 2 aromatic carbocycles. The minimum absolute atomic E-state index is 0.0118. The van der Waals surface area contributed by atoms with E-state index in [1.54, 1.807) is 35.8 Å². The zero-order valence-corrected chi connectivity index (χ0v) is 20.9. The Morgan fingerprint density at radius 1 is 1.03 bits per heavy atom. The third-order valence-corrected chi connectivity index (χ3v) is 6.65. The van der Waals surface area contributed by atoms with Crippen molar-refractivity contribution in [1.29, 1.82) is 0 Å². The highest BCUT2D eigenvalue weighted by molar-refractivity contribution is 6.19. The van der Waals surface area contributed by atoms with Crippen molar-refractivity contribution in [1.82, 2.24) is 14.8 Å². The molecule has 0 spiro atoms. The first-order valence-corrected chi connectivity index (χ1v) is 12.2. The number of halogens is 2. The molecule has 1 heterocycles. The van der Waals surface area contributed by atoms with Gasteiger partial charge in [-0.1, -0.05) is 37.3 Å². The monoisotopic (exact) mass is 485 g/mol. The van der Waals surface area contributed by atoms with Crippen LogP contribution in [0.1, 0.15) is 38.3 Å². The summed E-state index contributed by atoms with van der Waals surface area (Å²) in [5.74, 6) is -0.407. The van der Waals surface area contributed by atoms with E-state index < -0.39 is 5.41 Å². The van der Waals surface area contributed by atoms with Gasteiger partial charge in [-0.3, -0.25) is 9.59 Å². The molecule has 34 heavy (non-hydrogen) atoms. The van der Waals surface area contributed by atoms with E-state index in [9.17, 15) is 14.0 Å². The Bertz CT molecular complexity index is 1110. The SMILES string of the molecule is CCCN(CC(=O)N(CCc1c[nH]c2ccccc12)Cc1ccc(F)cc1)C(=O)C(C)(C)CCl. The molecule has 0 saturated heterocycles. The van der Waals surface area contributed by atoms with Crippen molar-refractivity contribution in [2.45, 2.75) is 40.2 Å². The molecule has 2 amide bonds. The van der Waals surface area contributed by atoms with Gasteiger partial charge in [-0.15, -0.1) is 11.6 Å². The number of carbonyl (C=O) groups excluding carboxylic acids is 2. The van der Waals surface area contributed by atoms with Crippen LogP contribution in [0.2, 0.25) is 0 Å². The number of carbonyl (C=O) groups is 2. The van der Waals surface area contributed by atoms with Gasteiger partial charge in [0.2, 0.25) is 11.8 Å². The van der Waals surface area contributed by atoms with E-state index in [-0.39, 0.29) is 30.1 Å². The maximum absolute atomic E-state index is 13.5. The van der Waals surface area contributed by atoms with E-state index in [1.165, 1.54) is 12.1 Å². The van der Waals surface area contributed by atoms with Gasteiger partial charge in [-0.05, 0) is 56.0 Å². The van der Waals surface area contributed by atoms with E-state index in [0.717, 1.165) is 28.5 Å². The summed E-state index contributed by atoms with van der Waals surface area (Å²) in [5, 5.41) is 1.13. The van der Waals surface area contributed by atoms with Crippen molar-refractivity contribution in [3.05, 3.63) is 71.7 Å². The zero-order valence-electron chi connectivity index (χ0n) is 20.1. The number of hydrogen-bond acceptors (Lipinski definition) is 2. The van der Waals surface area contributed by atoms with Crippen LogP contribution in [-0.4, -0.2) is 52.1 Å². The lowest BCUT2D eigenvalue weighted by Gasteiger charge is -2.32. The molecule has 0 aliphatic carbocycles. The molecule has 1 N–H and O–H groups in total. The second-order valence-electron chi connectivity index (χ2n) is 9.30. The molecule has 3 aromatic rings. The van der Waals surface area contributed by atoms with Gasteiger partial charge in [0.05, 0.1) is 12.0 Å². The molecule has 7 heteroatoms. The number of amides is 2. The van der Waals surface area contributed by atoms with Gasteiger partial charge in [0.25, 0.3) is 0 Å².